The molecule has 0 heterocycles. The van der Waals surface area contributed by atoms with E-state index in [1.54, 1.807) is 6.92 Å². The van der Waals surface area contributed by atoms with Crippen LogP contribution in [0.5, 0.6) is 0 Å². The Kier molecular flexibility index (Phi) is 10.9. The molecule has 0 aromatic carbocycles. The predicted molar refractivity (Wildman–Crippen MR) is 82.0 cm³/mol. The molecule has 6 heteroatoms. The Balaban J connectivity index is 5.44. The zero-order chi connectivity index (χ0) is 17.0. The van der Waals surface area contributed by atoms with Crippen LogP contribution < -0.4 is 0 Å². The molecular formula is C16H28O6. The molecule has 0 saturated carbocycles. The van der Waals surface area contributed by atoms with Gasteiger partial charge in [0, 0.05) is 33.4 Å². The van der Waals surface area contributed by atoms with Crippen molar-refractivity contribution >= 4 is 5.97 Å². The molecule has 0 radical (unpaired) electrons. The van der Waals surface area contributed by atoms with Crippen molar-refractivity contribution in [3.05, 3.63) is 0 Å². The van der Waals surface area contributed by atoms with Crippen molar-refractivity contribution in [3.63, 3.8) is 0 Å². The van der Waals surface area contributed by atoms with E-state index in [1.807, 2.05) is 27.7 Å². The van der Waals surface area contributed by atoms with E-state index in [-0.39, 0.29) is 0 Å². The minimum atomic E-state index is -1.36. The fourth-order valence-electron chi connectivity index (χ4n) is 1.79. The van der Waals surface area contributed by atoms with Crippen molar-refractivity contribution in [2.45, 2.75) is 59.7 Å². The third-order valence-electron chi connectivity index (χ3n) is 2.46. The minimum absolute atomic E-state index is 0.368. The molecule has 0 aliphatic heterocycles. The largest absolute Gasteiger partial charge is 0.450 e. The van der Waals surface area contributed by atoms with Crippen LogP contribution in [0.4, 0.5) is 0 Å². The van der Waals surface area contributed by atoms with E-state index in [4.69, 9.17) is 23.7 Å². The third kappa shape index (κ3) is 7.23. The number of rotatable bonds is 10. The van der Waals surface area contributed by atoms with Gasteiger partial charge in [0.25, 0.3) is 5.79 Å². The molecule has 1 atom stereocenters. The molecule has 0 bridgehead atoms. The molecule has 0 saturated heterocycles. The molecule has 0 aromatic rings. The zero-order valence-corrected chi connectivity index (χ0v) is 14.4. The lowest BCUT2D eigenvalue weighted by Crippen LogP contribution is -2.49. The van der Waals surface area contributed by atoms with E-state index in [2.05, 4.69) is 11.8 Å². The van der Waals surface area contributed by atoms with Crippen molar-refractivity contribution in [1.82, 2.24) is 0 Å². The maximum absolute atomic E-state index is 11.0. The number of hydrogen-bond donors (Lipinski definition) is 0. The summed E-state index contributed by atoms with van der Waals surface area (Å²) < 4.78 is 27.6. The summed E-state index contributed by atoms with van der Waals surface area (Å²) in [6.07, 6.45) is -1.37. The van der Waals surface area contributed by atoms with Crippen LogP contribution in [0.1, 0.15) is 41.5 Å². The third-order valence-corrected chi connectivity index (χ3v) is 2.46. The van der Waals surface area contributed by atoms with E-state index >= 15 is 0 Å². The molecule has 0 spiro atoms. The minimum Gasteiger partial charge on any atom is -0.450 e. The molecule has 1 unspecified atom stereocenters. The predicted octanol–water partition coefficient (Wildman–Crippen LogP) is 2.11. The lowest BCUT2D eigenvalue weighted by atomic mass is 10.2. The molecule has 0 amide bonds. The zero-order valence-electron chi connectivity index (χ0n) is 14.4. The highest BCUT2D eigenvalue weighted by Gasteiger charge is 2.41. The summed E-state index contributed by atoms with van der Waals surface area (Å²) in [6.45, 7) is 12.0. The molecule has 22 heavy (non-hydrogen) atoms. The Hall–Kier alpha value is -1.13. The van der Waals surface area contributed by atoms with Gasteiger partial charge in [-0.15, -0.1) is 0 Å². The van der Waals surface area contributed by atoms with Crippen molar-refractivity contribution < 1.29 is 28.5 Å². The van der Waals surface area contributed by atoms with E-state index in [0.717, 1.165) is 0 Å². The maximum atomic E-state index is 11.0. The van der Waals surface area contributed by atoms with Gasteiger partial charge in [0.05, 0.1) is 0 Å². The number of hydrogen-bond acceptors (Lipinski definition) is 6. The first-order valence-corrected chi connectivity index (χ1v) is 7.66. The highest BCUT2D eigenvalue weighted by molar-refractivity contribution is 5.66. The fourth-order valence-corrected chi connectivity index (χ4v) is 1.79. The van der Waals surface area contributed by atoms with Gasteiger partial charge in [-0.3, -0.25) is 4.79 Å². The van der Waals surface area contributed by atoms with Crippen LogP contribution in [0.25, 0.3) is 0 Å². The van der Waals surface area contributed by atoms with Crippen LogP contribution >= 0.6 is 0 Å². The van der Waals surface area contributed by atoms with Crippen LogP contribution in [0.2, 0.25) is 0 Å². The first-order valence-electron chi connectivity index (χ1n) is 7.66. The second kappa shape index (κ2) is 11.4. The summed E-state index contributed by atoms with van der Waals surface area (Å²) in [5, 5.41) is 0. The Bertz CT molecular complexity index is 359. The van der Waals surface area contributed by atoms with Gasteiger partial charge < -0.3 is 23.7 Å². The first kappa shape index (κ1) is 20.9. The second-order valence-corrected chi connectivity index (χ2v) is 4.30. The number of ether oxygens (including phenoxy) is 5. The summed E-state index contributed by atoms with van der Waals surface area (Å²) >= 11 is 0. The van der Waals surface area contributed by atoms with Gasteiger partial charge in [0.1, 0.15) is 0 Å². The van der Waals surface area contributed by atoms with E-state index in [1.165, 1.54) is 6.92 Å². The average molecular weight is 316 g/mol. The first-order chi connectivity index (χ1) is 10.5. The normalized spacial score (nSPS) is 12.7. The summed E-state index contributed by atoms with van der Waals surface area (Å²) in [7, 11) is 0. The Morgan fingerprint density at radius 3 is 1.86 bits per heavy atom. The lowest BCUT2D eigenvalue weighted by molar-refractivity contribution is -0.321. The fraction of sp³-hybridized carbons (Fsp3) is 0.812. The molecule has 0 N–H and O–H groups in total. The van der Waals surface area contributed by atoms with Gasteiger partial charge >= 0.3 is 5.97 Å². The quantitative estimate of drug-likeness (QED) is 0.349. The van der Waals surface area contributed by atoms with Crippen LogP contribution in [0.15, 0.2) is 0 Å². The summed E-state index contributed by atoms with van der Waals surface area (Å²) in [5.41, 5.74) is 0. The SMILES string of the molecule is CCOC(OCC)C(C#CC(C)OC(C)=O)(OCC)OCC. The standard InChI is InChI=1S/C16H28O6/c1-7-18-15(19-8-2)16(20-9-3,21-10-4)12-11-13(5)22-14(6)17/h13,15H,7-10H2,1-6H3. The van der Waals surface area contributed by atoms with Crippen LogP contribution in [-0.2, 0) is 28.5 Å². The highest BCUT2D eigenvalue weighted by Crippen LogP contribution is 2.22. The van der Waals surface area contributed by atoms with Gasteiger partial charge in [-0.25, -0.2) is 0 Å². The lowest BCUT2D eigenvalue weighted by Gasteiger charge is -2.34. The summed E-state index contributed by atoms with van der Waals surface area (Å²) in [6, 6.07) is 0. The van der Waals surface area contributed by atoms with Crippen molar-refractivity contribution in [2.24, 2.45) is 0 Å². The van der Waals surface area contributed by atoms with Gasteiger partial charge in [-0.05, 0) is 40.5 Å². The Morgan fingerprint density at radius 2 is 1.50 bits per heavy atom. The van der Waals surface area contributed by atoms with Crippen LogP contribution in [0.3, 0.4) is 0 Å². The Labute approximate surface area is 133 Å². The number of carbonyl (C=O) groups is 1. The van der Waals surface area contributed by atoms with Gasteiger partial charge in [-0.1, -0.05) is 5.92 Å². The monoisotopic (exact) mass is 316 g/mol. The molecule has 0 fully saturated rings. The summed E-state index contributed by atoms with van der Waals surface area (Å²) in [5.74, 6) is 3.95. The number of carbonyl (C=O) groups excluding carboxylic acids is 1. The topological polar surface area (TPSA) is 63.2 Å². The number of esters is 1. The average Bonchev–Trinajstić information content (AvgIpc) is 2.44. The van der Waals surface area contributed by atoms with E-state index in [0.29, 0.717) is 26.4 Å². The molecule has 128 valence electrons. The summed E-state index contributed by atoms with van der Waals surface area (Å²) in [4.78, 5) is 11.0. The Morgan fingerprint density at radius 1 is 1.00 bits per heavy atom. The molecule has 6 nitrogen and oxygen atoms in total. The van der Waals surface area contributed by atoms with E-state index < -0.39 is 24.2 Å². The van der Waals surface area contributed by atoms with Crippen LogP contribution in [-0.4, -0.2) is 50.6 Å². The van der Waals surface area contributed by atoms with Gasteiger partial charge in [0.2, 0.25) is 6.29 Å². The van der Waals surface area contributed by atoms with Crippen molar-refractivity contribution in [3.8, 4) is 11.8 Å². The van der Waals surface area contributed by atoms with Gasteiger partial charge in [-0.2, -0.15) is 0 Å². The van der Waals surface area contributed by atoms with Gasteiger partial charge in [0.15, 0.2) is 6.10 Å². The maximum Gasteiger partial charge on any atom is 0.303 e. The van der Waals surface area contributed by atoms with E-state index in [9.17, 15) is 4.79 Å². The highest BCUT2D eigenvalue weighted by atomic mass is 16.8. The molecule has 0 rings (SSSR count). The second-order valence-electron chi connectivity index (χ2n) is 4.30. The van der Waals surface area contributed by atoms with Crippen molar-refractivity contribution in [2.75, 3.05) is 26.4 Å². The molecular weight excluding hydrogens is 288 g/mol. The van der Waals surface area contributed by atoms with Crippen LogP contribution in [0, 0.1) is 11.8 Å². The molecule has 0 aromatic heterocycles. The van der Waals surface area contributed by atoms with Crippen molar-refractivity contribution in [1.29, 1.82) is 0 Å². The molecule has 0 aliphatic carbocycles. The molecule has 0 aliphatic rings. The smallest absolute Gasteiger partial charge is 0.303 e.